The SMILES string of the molecule is Brc1ccc(-c2cccc(-c3ccc4c5ccc(-c6ccccc6)cc5n(-c5ccccc5)c4c3)c2)cc1. The van der Waals surface area contributed by atoms with Gasteiger partial charge in [0, 0.05) is 20.9 Å². The Morgan fingerprint density at radius 1 is 0.368 bits per heavy atom. The number of fused-ring (bicyclic) bond motifs is 3. The van der Waals surface area contributed by atoms with Gasteiger partial charge in [-0.15, -0.1) is 0 Å². The van der Waals surface area contributed by atoms with Gasteiger partial charge in [-0.2, -0.15) is 0 Å². The van der Waals surface area contributed by atoms with Crippen LogP contribution in [-0.4, -0.2) is 4.57 Å². The number of nitrogens with zero attached hydrogens (tertiary/aromatic N) is 1. The number of benzene rings is 6. The highest BCUT2D eigenvalue weighted by Gasteiger charge is 2.15. The molecule has 0 spiro atoms. The smallest absolute Gasteiger partial charge is 0.0547 e. The van der Waals surface area contributed by atoms with Crippen LogP contribution < -0.4 is 0 Å². The molecule has 0 N–H and O–H groups in total. The first-order chi connectivity index (χ1) is 18.7. The fraction of sp³-hybridized carbons (Fsp3) is 0. The van der Waals surface area contributed by atoms with Gasteiger partial charge in [-0.1, -0.05) is 119 Å². The molecule has 0 radical (unpaired) electrons. The minimum absolute atomic E-state index is 1.09. The van der Waals surface area contributed by atoms with Gasteiger partial charge in [0.2, 0.25) is 0 Å². The molecule has 2 heteroatoms. The molecule has 7 rings (SSSR count). The van der Waals surface area contributed by atoms with Crippen molar-refractivity contribution < 1.29 is 0 Å². The molecule has 38 heavy (non-hydrogen) atoms. The van der Waals surface area contributed by atoms with Crippen molar-refractivity contribution in [1.29, 1.82) is 0 Å². The highest BCUT2D eigenvalue weighted by Crippen LogP contribution is 2.37. The van der Waals surface area contributed by atoms with Crippen molar-refractivity contribution in [3.05, 3.63) is 150 Å². The number of hydrogen-bond donors (Lipinski definition) is 0. The largest absolute Gasteiger partial charge is 0.309 e. The molecule has 0 fully saturated rings. The first-order valence-electron chi connectivity index (χ1n) is 12.8. The summed E-state index contributed by atoms with van der Waals surface area (Å²) >= 11 is 3.55. The highest BCUT2D eigenvalue weighted by atomic mass is 79.9. The zero-order valence-corrected chi connectivity index (χ0v) is 22.3. The van der Waals surface area contributed by atoms with Gasteiger partial charge < -0.3 is 4.57 Å². The van der Waals surface area contributed by atoms with E-state index in [1.807, 2.05) is 0 Å². The second-order valence-electron chi connectivity index (χ2n) is 9.59. The van der Waals surface area contributed by atoms with Crippen LogP contribution in [0.3, 0.4) is 0 Å². The molecule has 180 valence electrons. The van der Waals surface area contributed by atoms with E-state index in [0.717, 1.165) is 4.47 Å². The number of aromatic nitrogens is 1. The number of para-hydroxylation sites is 1. The van der Waals surface area contributed by atoms with Crippen LogP contribution in [0.5, 0.6) is 0 Å². The van der Waals surface area contributed by atoms with Gasteiger partial charge in [-0.3, -0.25) is 0 Å². The quantitative estimate of drug-likeness (QED) is 0.205. The molecule has 0 saturated heterocycles. The molecule has 1 nitrogen and oxygen atoms in total. The van der Waals surface area contributed by atoms with Crippen molar-refractivity contribution in [2.45, 2.75) is 0 Å². The van der Waals surface area contributed by atoms with E-state index in [-0.39, 0.29) is 0 Å². The first kappa shape index (κ1) is 22.8. The average molecular weight is 550 g/mol. The lowest BCUT2D eigenvalue weighted by molar-refractivity contribution is 1.18. The van der Waals surface area contributed by atoms with Crippen molar-refractivity contribution in [3.8, 4) is 39.1 Å². The Morgan fingerprint density at radius 3 is 1.45 bits per heavy atom. The Labute approximate surface area is 230 Å². The molecule has 0 unspecified atom stereocenters. The third-order valence-corrected chi connectivity index (χ3v) is 7.79. The van der Waals surface area contributed by atoms with E-state index in [4.69, 9.17) is 0 Å². The second kappa shape index (κ2) is 9.48. The standard InChI is InChI=1S/C36H24BrN/c37-31-18-14-26(15-19-31)27-10-7-11-28(22-27)30-17-21-34-33-20-16-29(25-8-3-1-4-9-25)23-35(33)38(36(34)24-30)32-12-5-2-6-13-32/h1-24H. The summed E-state index contributed by atoms with van der Waals surface area (Å²) in [6.45, 7) is 0. The Morgan fingerprint density at radius 2 is 0.816 bits per heavy atom. The second-order valence-corrected chi connectivity index (χ2v) is 10.5. The molecule has 0 aliphatic rings. The van der Waals surface area contributed by atoms with Gasteiger partial charge in [0.25, 0.3) is 0 Å². The lowest BCUT2D eigenvalue weighted by atomic mass is 9.98. The van der Waals surface area contributed by atoms with Gasteiger partial charge in [-0.05, 0) is 75.8 Å². The van der Waals surface area contributed by atoms with Crippen LogP contribution in [0.2, 0.25) is 0 Å². The molecule has 0 saturated carbocycles. The minimum atomic E-state index is 1.09. The summed E-state index contributed by atoms with van der Waals surface area (Å²) in [7, 11) is 0. The summed E-state index contributed by atoms with van der Waals surface area (Å²) < 4.78 is 3.49. The Balaban J connectivity index is 1.44. The monoisotopic (exact) mass is 549 g/mol. The van der Waals surface area contributed by atoms with Crippen LogP contribution in [0.1, 0.15) is 0 Å². The Bertz CT molecular complexity index is 1900. The summed E-state index contributed by atoms with van der Waals surface area (Å²) in [5, 5.41) is 2.52. The predicted molar refractivity (Wildman–Crippen MR) is 165 cm³/mol. The van der Waals surface area contributed by atoms with E-state index >= 15 is 0 Å². The summed E-state index contributed by atoms with van der Waals surface area (Å²) in [6.07, 6.45) is 0. The van der Waals surface area contributed by atoms with E-state index in [0.29, 0.717) is 0 Å². The fourth-order valence-electron chi connectivity index (χ4n) is 5.38. The fourth-order valence-corrected chi connectivity index (χ4v) is 5.65. The lowest BCUT2D eigenvalue weighted by Crippen LogP contribution is -1.93. The third kappa shape index (κ3) is 4.04. The van der Waals surface area contributed by atoms with E-state index in [9.17, 15) is 0 Å². The molecule has 0 aliphatic heterocycles. The lowest BCUT2D eigenvalue weighted by Gasteiger charge is -2.10. The summed E-state index contributed by atoms with van der Waals surface area (Å²) in [5.41, 5.74) is 10.9. The van der Waals surface area contributed by atoms with E-state index < -0.39 is 0 Å². The normalized spacial score (nSPS) is 11.3. The van der Waals surface area contributed by atoms with Crippen molar-refractivity contribution in [2.24, 2.45) is 0 Å². The van der Waals surface area contributed by atoms with Gasteiger partial charge in [0.15, 0.2) is 0 Å². The highest BCUT2D eigenvalue weighted by molar-refractivity contribution is 9.10. The number of rotatable bonds is 4. The maximum atomic E-state index is 3.55. The third-order valence-electron chi connectivity index (χ3n) is 7.26. The van der Waals surface area contributed by atoms with Crippen LogP contribution in [0.25, 0.3) is 60.9 Å². The Hall–Kier alpha value is -4.40. The molecule has 0 atom stereocenters. The number of halogens is 1. The maximum Gasteiger partial charge on any atom is 0.0547 e. The zero-order chi connectivity index (χ0) is 25.5. The Kier molecular flexibility index (Phi) is 5.68. The topological polar surface area (TPSA) is 4.93 Å². The van der Waals surface area contributed by atoms with E-state index in [1.54, 1.807) is 0 Å². The van der Waals surface area contributed by atoms with E-state index in [2.05, 4.69) is 166 Å². The van der Waals surface area contributed by atoms with Gasteiger partial charge in [0.05, 0.1) is 11.0 Å². The van der Waals surface area contributed by atoms with Crippen LogP contribution in [0.15, 0.2) is 150 Å². The average Bonchev–Trinajstić information content (AvgIpc) is 3.31. The zero-order valence-electron chi connectivity index (χ0n) is 20.7. The summed E-state index contributed by atoms with van der Waals surface area (Å²) in [5.74, 6) is 0. The van der Waals surface area contributed by atoms with Crippen molar-refractivity contribution in [1.82, 2.24) is 4.57 Å². The summed E-state index contributed by atoms with van der Waals surface area (Å²) in [6, 6.07) is 52.3. The molecule has 0 amide bonds. The molecule has 1 aromatic heterocycles. The van der Waals surface area contributed by atoms with Gasteiger partial charge in [-0.25, -0.2) is 0 Å². The van der Waals surface area contributed by atoms with Crippen LogP contribution in [-0.2, 0) is 0 Å². The molecule has 1 heterocycles. The van der Waals surface area contributed by atoms with Crippen LogP contribution in [0.4, 0.5) is 0 Å². The molecular weight excluding hydrogens is 526 g/mol. The maximum absolute atomic E-state index is 3.55. The van der Waals surface area contributed by atoms with Crippen LogP contribution in [0, 0.1) is 0 Å². The van der Waals surface area contributed by atoms with E-state index in [1.165, 1.54) is 60.9 Å². The van der Waals surface area contributed by atoms with Crippen molar-refractivity contribution in [2.75, 3.05) is 0 Å². The van der Waals surface area contributed by atoms with Crippen LogP contribution >= 0.6 is 15.9 Å². The van der Waals surface area contributed by atoms with Gasteiger partial charge in [0.1, 0.15) is 0 Å². The van der Waals surface area contributed by atoms with Crippen molar-refractivity contribution in [3.63, 3.8) is 0 Å². The number of hydrogen-bond acceptors (Lipinski definition) is 0. The molecule has 0 aliphatic carbocycles. The molecular formula is C36H24BrN. The summed E-state index contributed by atoms with van der Waals surface area (Å²) in [4.78, 5) is 0. The predicted octanol–water partition coefficient (Wildman–Crippen LogP) is 10.5. The van der Waals surface area contributed by atoms with Gasteiger partial charge >= 0.3 is 0 Å². The van der Waals surface area contributed by atoms with Crippen molar-refractivity contribution >= 4 is 37.7 Å². The first-order valence-corrected chi connectivity index (χ1v) is 13.6. The molecule has 0 bridgehead atoms. The molecule has 6 aromatic carbocycles. The minimum Gasteiger partial charge on any atom is -0.309 e. The molecule has 7 aromatic rings.